The fourth-order valence-corrected chi connectivity index (χ4v) is 2.69. The largest absolute Gasteiger partial charge is 0.326 e. The summed E-state index contributed by atoms with van der Waals surface area (Å²) in [5, 5.41) is 3.11. The van der Waals surface area contributed by atoms with Gasteiger partial charge in [0.15, 0.2) is 5.78 Å². The lowest BCUT2D eigenvalue weighted by Crippen LogP contribution is -2.27. The SMILES string of the molecule is CCc1ccc(Nc2nc(C)cc(=O)n2CC(=O)c2ccc(F)cc2)cc1. The van der Waals surface area contributed by atoms with Crippen molar-refractivity contribution in [3.63, 3.8) is 0 Å². The molecule has 0 atom stereocenters. The van der Waals surface area contributed by atoms with Crippen molar-refractivity contribution in [2.24, 2.45) is 0 Å². The maximum absolute atomic E-state index is 13.1. The van der Waals surface area contributed by atoms with Gasteiger partial charge in [0.05, 0.1) is 6.54 Å². The maximum Gasteiger partial charge on any atom is 0.255 e. The second kappa shape index (κ2) is 7.95. The van der Waals surface area contributed by atoms with E-state index >= 15 is 0 Å². The fourth-order valence-electron chi connectivity index (χ4n) is 2.69. The molecule has 1 heterocycles. The van der Waals surface area contributed by atoms with Gasteiger partial charge in [0.25, 0.3) is 5.56 Å². The maximum atomic E-state index is 13.1. The van der Waals surface area contributed by atoms with Gasteiger partial charge in [-0.1, -0.05) is 19.1 Å². The highest BCUT2D eigenvalue weighted by molar-refractivity contribution is 5.96. The van der Waals surface area contributed by atoms with Gasteiger partial charge in [-0.15, -0.1) is 0 Å². The van der Waals surface area contributed by atoms with E-state index < -0.39 is 5.82 Å². The molecule has 0 unspecified atom stereocenters. The molecule has 0 amide bonds. The second-order valence-corrected chi connectivity index (χ2v) is 6.25. The van der Waals surface area contributed by atoms with Gasteiger partial charge in [0.1, 0.15) is 5.82 Å². The van der Waals surface area contributed by atoms with Crippen LogP contribution in [0.1, 0.15) is 28.5 Å². The molecule has 6 heteroatoms. The molecule has 2 aromatic carbocycles. The molecule has 0 saturated carbocycles. The number of aromatic nitrogens is 2. The molecule has 3 aromatic rings. The molecular formula is C21H20FN3O2. The van der Waals surface area contributed by atoms with Crippen LogP contribution in [-0.4, -0.2) is 15.3 Å². The number of carbonyl (C=O) groups excluding carboxylic acids is 1. The van der Waals surface area contributed by atoms with Gasteiger partial charge < -0.3 is 5.32 Å². The minimum Gasteiger partial charge on any atom is -0.326 e. The minimum atomic E-state index is -0.418. The number of nitrogens with zero attached hydrogens (tertiary/aromatic N) is 2. The van der Waals surface area contributed by atoms with E-state index in [0.29, 0.717) is 17.2 Å². The summed E-state index contributed by atoms with van der Waals surface area (Å²) in [5.41, 5.74) is 2.53. The van der Waals surface area contributed by atoms with Crippen LogP contribution >= 0.6 is 0 Å². The fraction of sp³-hybridized carbons (Fsp3) is 0.190. The third kappa shape index (κ3) is 4.47. The van der Waals surface area contributed by atoms with Gasteiger partial charge in [-0.2, -0.15) is 0 Å². The first-order valence-electron chi connectivity index (χ1n) is 8.69. The zero-order valence-electron chi connectivity index (χ0n) is 15.2. The van der Waals surface area contributed by atoms with Crippen LogP contribution in [0.5, 0.6) is 0 Å². The lowest BCUT2D eigenvalue weighted by molar-refractivity contribution is 0.0971. The van der Waals surface area contributed by atoms with Crippen LogP contribution in [0.25, 0.3) is 0 Å². The van der Waals surface area contributed by atoms with Crippen molar-refractivity contribution in [2.75, 3.05) is 5.32 Å². The topological polar surface area (TPSA) is 64.0 Å². The number of nitrogens with one attached hydrogen (secondary N) is 1. The molecule has 0 fully saturated rings. The van der Waals surface area contributed by atoms with Gasteiger partial charge in [0, 0.05) is 23.0 Å². The number of hydrogen-bond donors (Lipinski definition) is 1. The summed E-state index contributed by atoms with van der Waals surface area (Å²) in [4.78, 5) is 29.3. The summed E-state index contributed by atoms with van der Waals surface area (Å²) in [6.45, 7) is 3.61. The van der Waals surface area contributed by atoms with E-state index in [9.17, 15) is 14.0 Å². The monoisotopic (exact) mass is 365 g/mol. The number of benzene rings is 2. The van der Waals surface area contributed by atoms with Crippen LogP contribution in [-0.2, 0) is 13.0 Å². The Morgan fingerprint density at radius 3 is 2.41 bits per heavy atom. The zero-order valence-corrected chi connectivity index (χ0v) is 15.2. The Kier molecular flexibility index (Phi) is 5.45. The van der Waals surface area contributed by atoms with E-state index in [2.05, 4.69) is 17.2 Å². The number of anilines is 2. The number of rotatable bonds is 6. The van der Waals surface area contributed by atoms with Crippen LogP contribution in [0.15, 0.2) is 59.4 Å². The Hall–Kier alpha value is -3.28. The van der Waals surface area contributed by atoms with Gasteiger partial charge in [0.2, 0.25) is 5.95 Å². The number of hydrogen-bond acceptors (Lipinski definition) is 4. The Bertz CT molecular complexity index is 1010. The molecule has 138 valence electrons. The lowest BCUT2D eigenvalue weighted by atomic mass is 10.1. The molecule has 0 aliphatic rings. The zero-order chi connectivity index (χ0) is 19.4. The summed E-state index contributed by atoms with van der Waals surface area (Å²) in [6, 6.07) is 14.4. The highest BCUT2D eigenvalue weighted by Crippen LogP contribution is 2.16. The van der Waals surface area contributed by atoms with E-state index in [-0.39, 0.29) is 17.9 Å². The van der Waals surface area contributed by atoms with E-state index in [1.54, 1.807) is 6.92 Å². The third-order valence-corrected chi connectivity index (χ3v) is 4.22. The average molecular weight is 365 g/mol. The first-order valence-corrected chi connectivity index (χ1v) is 8.69. The van der Waals surface area contributed by atoms with Crippen LogP contribution in [0, 0.1) is 12.7 Å². The molecule has 3 rings (SSSR count). The summed E-state index contributed by atoms with van der Waals surface area (Å²) in [6.07, 6.45) is 0.930. The smallest absolute Gasteiger partial charge is 0.255 e. The molecule has 0 bridgehead atoms. The van der Waals surface area contributed by atoms with Gasteiger partial charge >= 0.3 is 0 Å². The minimum absolute atomic E-state index is 0.187. The van der Waals surface area contributed by atoms with Crippen LogP contribution < -0.4 is 10.9 Å². The lowest BCUT2D eigenvalue weighted by Gasteiger charge is -2.14. The first-order chi connectivity index (χ1) is 13.0. The highest BCUT2D eigenvalue weighted by atomic mass is 19.1. The molecule has 1 N–H and O–H groups in total. The van der Waals surface area contributed by atoms with Gasteiger partial charge in [-0.05, 0) is 55.3 Å². The quantitative estimate of drug-likeness (QED) is 0.674. The van der Waals surface area contributed by atoms with Gasteiger partial charge in [-0.3, -0.25) is 14.2 Å². The predicted octanol–water partition coefficient (Wildman–Crippen LogP) is 3.88. The summed E-state index contributed by atoms with van der Waals surface area (Å²) < 4.78 is 14.3. The first kappa shape index (κ1) is 18.5. The molecule has 0 radical (unpaired) electrons. The Morgan fingerprint density at radius 2 is 1.78 bits per heavy atom. The number of Topliss-reactive ketones (excluding diaryl/α,β-unsaturated/α-hetero) is 1. The summed E-state index contributed by atoms with van der Waals surface area (Å²) in [7, 11) is 0. The molecule has 0 spiro atoms. The van der Waals surface area contributed by atoms with Crippen LogP contribution in [0.3, 0.4) is 0 Å². The van der Waals surface area contributed by atoms with Crippen molar-refractivity contribution < 1.29 is 9.18 Å². The Balaban J connectivity index is 1.90. The molecule has 0 aliphatic heterocycles. The molecule has 0 aliphatic carbocycles. The number of ketones is 1. The summed E-state index contributed by atoms with van der Waals surface area (Å²) >= 11 is 0. The second-order valence-electron chi connectivity index (χ2n) is 6.25. The molecular weight excluding hydrogens is 345 g/mol. The summed E-state index contributed by atoms with van der Waals surface area (Å²) in [5.74, 6) is -0.426. The molecule has 0 saturated heterocycles. The van der Waals surface area contributed by atoms with Crippen molar-refractivity contribution >= 4 is 17.4 Å². The van der Waals surface area contributed by atoms with E-state index in [1.165, 1.54) is 40.5 Å². The van der Waals surface area contributed by atoms with Gasteiger partial charge in [-0.25, -0.2) is 9.37 Å². The van der Waals surface area contributed by atoms with Crippen LogP contribution in [0.4, 0.5) is 16.0 Å². The third-order valence-electron chi connectivity index (χ3n) is 4.22. The highest BCUT2D eigenvalue weighted by Gasteiger charge is 2.13. The van der Waals surface area contributed by atoms with E-state index in [1.807, 2.05) is 24.3 Å². The van der Waals surface area contributed by atoms with Crippen molar-refractivity contribution in [3.8, 4) is 0 Å². The Morgan fingerprint density at radius 1 is 1.11 bits per heavy atom. The molecule has 5 nitrogen and oxygen atoms in total. The number of carbonyl (C=O) groups is 1. The normalized spacial score (nSPS) is 10.6. The van der Waals surface area contributed by atoms with Crippen molar-refractivity contribution in [1.82, 2.24) is 9.55 Å². The predicted molar refractivity (Wildman–Crippen MR) is 103 cm³/mol. The van der Waals surface area contributed by atoms with Crippen LogP contribution in [0.2, 0.25) is 0 Å². The van der Waals surface area contributed by atoms with Crippen molar-refractivity contribution in [2.45, 2.75) is 26.8 Å². The molecule has 27 heavy (non-hydrogen) atoms. The van der Waals surface area contributed by atoms with Crippen molar-refractivity contribution in [3.05, 3.63) is 87.6 Å². The standard InChI is InChI=1S/C21H20FN3O2/c1-3-15-4-10-18(11-5-15)24-21-23-14(2)12-20(27)25(21)13-19(26)16-6-8-17(22)9-7-16/h4-12H,3,13H2,1-2H3,(H,23,24). The van der Waals surface area contributed by atoms with Crippen molar-refractivity contribution in [1.29, 1.82) is 0 Å². The molecule has 1 aromatic heterocycles. The number of halogens is 1. The van der Waals surface area contributed by atoms with E-state index in [0.717, 1.165) is 12.1 Å². The number of aryl methyl sites for hydroxylation is 2. The Labute approximate surface area is 156 Å². The average Bonchev–Trinajstić information content (AvgIpc) is 2.65. The van der Waals surface area contributed by atoms with E-state index in [4.69, 9.17) is 0 Å².